The lowest BCUT2D eigenvalue weighted by atomic mass is 9.95. The summed E-state index contributed by atoms with van der Waals surface area (Å²) in [6, 6.07) is 7.73. The Hall–Kier alpha value is -2.96. The van der Waals surface area contributed by atoms with Gasteiger partial charge in [-0.05, 0) is 36.5 Å². The number of rotatable bonds is 6. The third-order valence-corrected chi connectivity index (χ3v) is 8.47. The lowest BCUT2D eigenvalue weighted by Crippen LogP contribution is -2.44. The highest BCUT2D eigenvalue weighted by Gasteiger charge is 2.30. The number of likely N-dealkylation sites (N-methyl/N-ethyl adjacent to an activating group) is 1. The molecule has 9 heteroatoms. The number of pyridine rings is 1. The van der Waals surface area contributed by atoms with Gasteiger partial charge in [0.1, 0.15) is 12.3 Å². The number of aromatic nitrogens is 1. The Morgan fingerprint density at radius 2 is 2.03 bits per heavy atom. The monoisotopic (exact) mass is 525 g/mol. The maximum absolute atomic E-state index is 13.3. The Morgan fingerprint density at radius 1 is 1.30 bits per heavy atom. The second kappa shape index (κ2) is 13.0. The Labute approximate surface area is 224 Å². The van der Waals surface area contributed by atoms with Crippen LogP contribution in [0.3, 0.4) is 0 Å². The first-order valence-corrected chi connectivity index (χ1v) is 13.8. The minimum absolute atomic E-state index is 0.0723. The molecule has 37 heavy (non-hydrogen) atoms. The van der Waals surface area contributed by atoms with E-state index in [4.69, 9.17) is 10.4 Å². The number of nitrogens with one attached hydrogen (secondary N) is 1. The lowest BCUT2D eigenvalue weighted by molar-refractivity contribution is -0.123. The number of carbonyl (C=O) groups is 2. The third kappa shape index (κ3) is 7.76. The summed E-state index contributed by atoms with van der Waals surface area (Å²) in [5.41, 5.74) is 1.04. The van der Waals surface area contributed by atoms with E-state index in [1.807, 2.05) is 25.4 Å². The van der Waals surface area contributed by atoms with Crippen LogP contribution in [0.1, 0.15) is 75.8 Å². The molecule has 1 aliphatic carbocycles. The summed E-state index contributed by atoms with van der Waals surface area (Å²) < 4.78 is 0. The molecule has 1 saturated carbocycles. The number of nitrogens with zero attached hydrogens (tertiary/aromatic N) is 4. The predicted molar refractivity (Wildman–Crippen MR) is 146 cm³/mol. The minimum atomic E-state index is -0.519. The number of β-amino-alcohol motifs (C(OH)–C–C–N with tert-alkyl or cyclic N) is 1. The predicted octanol–water partition coefficient (Wildman–Crippen LogP) is 4.17. The van der Waals surface area contributed by atoms with Crippen LogP contribution in [0.2, 0.25) is 0 Å². The summed E-state index contributed by atoms with van der Waals surface area (Å²) in [6.07, 6.45) is 11.8. The molecule has 1 saturated heterocycles. The van der Waals surface area contributed by atoms with Gasteiger partial charge >= 0.3 is 0 Å². The number of aldehydes is 1. The smallest absolute Gasteiger partial charge is 0.247 e. The van der Waals surface area contributed by atoms with Crippen molar-refractivity contribution in [2.75, 3.05) is 18.5 Å². The fourth-order valence-corrected chi connectivity index (χ4v) is 5.80. The molecule has 1 aliphatic heterocycles. The lowest BCUT2D eigenvalue weighted by Gasteiger charge is -2.31. The van der Waals surface area contributed by atoms with E-state index in [0.29, 0.717) is 25.3 Å². The third-order valence-electron chi connectivity index (χ3n) is 6.87. The zero-order valence-corrected chi connectivity index (χ0v) is 23.1. The van der Waals surface area contributed by atoms with Crippen LogP contribution in [-0.2, 0) is 15.0 Å². The molecule has 4 rings (SSSR count). The number of aliphatic hydroxyl groups excluding tert-OH is 1. The zero-order chi connectivity index (χ0) is 27.0. The summed E-state index contributed by atoms with van der Waals surface area (Å²) in [5, 5.41) is 21.8. The number of amides is 1. The number of carbonyl (C=O) groups excluding carboxylic acids is 2. The number of aliphatic hydroxyl groups is 1. The molecule has 2 aromatic rings. The summed E-state index contributed by atoms with van der Waals surface area (Å²) in [7, 11) is 2.01. The van der Waals surface area contributed by atoms with Gasteiger partial charge in [0.15, 0.2) is 6.19 Å². The molecule has 3 atom stereocenters. The number of nitriles is 1. The fraction of sp³-hybridized carbons (Fsp3) is 0.571. The van der Waals surface area contributed by atoms with Crippen molar-refractivity contribution in [1.29, 1.82) is 5.26 Å². The van der Waals surface area contributed by atoms with Gasteiger partial charge in [-0.15, -0.1) is 11.3 Å². The normalized spacial score (nSPS) is 20.8. The fourth-order valence-electron chi connectivity index (χ4n) is 4.75. The average molecular weight is 526 g/mol. The van der Waals surface area contributed by atoms with Gasteiger partial charge in [0, 0.05) is 42.3 Å². The van der Waals surface area contributed by atoms with E-state index in [9.17, 15) is 9.59 Å². The number of anilines is 1. The van der Waals surface area contributed by atoms with Gasteiger partial charge < -0.3 is 20.1 Å². The molecule has 2 N–H and O–H groups in total. The molecule has 3 heterocycles. The maximum atomic E-state index is 13.3. The van der Waals surface area contributed by atoms with Crippen molar-refractivity contribution in [3.05, 3.63) is 47.1 Å². The second-order valence-corrected chi connectivity index (χ2v) is 11.9. The zero-order valence-electron chi connectivity index (χ0n) is 22.3. The van der Waals surface area contributed by atoms with E-state index in [-0.39, 0.29) is 17.4 Å². The summed E-state index contributed by atoms with van der Waals surface area (Å²) in [6.45, 7) is 6.95. The number of hydrogen-bond acceptors (Lipinski definition) is 8. The van der Waals surface area contributed by atoms with Crippen molar-refractivity contribution < 1.29 is 14.7 Å². The van der Waals surface area contributed by atoms with Crippen molar-refractivity contribution in [3.8, 4) is 6.19 Å². The van der Waals surface area contributed by atoms with E-state index in [0.717, 1.165) is 23.4 Å². The van der Waals surface area contributed by atoms with Gasteiger partial charge in [0.2, 0.25) is 5.91 Å². The average Bonchev–Trinajstić information content (AvgIpc) is 3.52. The van der Waals surface area contributed by atoms with Crippen LogP contribution in [-0.4, -0.2) is 59.0 Å². The minimum Gasteiger partial charge on any atom is -0.391 e. The number of thiophene rings is 1. The molecule has 8 nitrogen and oxygen atoms in total. The molecule has 200 valence electrons. The standard InChI is InChI=1S/C22H31N3OS.C6H8N2O2/c1-22(2,3)18-12-13-19(27-18)25(4)20(16-9-8-14-23-15-16)21(26)24-17-10-6-5-7-11-17;7-4-8-2-6(10)1-5(8)3-9/h8-9,12-15,17,20H,5-7,10-11H2,1-4H3,(H,24,26);3,5-6,10H,1-2H2. The highest BCUT2D eigenvalue weighted by atomic mass is 32.1. The van der Waals surface area contributed by atoms with E-state index in [2.05, 4.69) is 48.1 Å². The SMILES string of the molecule is CN(c1ccc(C(C)(C)C)s1)C(C(=O)NC1CCCCC1)c1cccnc1.N#CN1CC(O)CC1C=O. The highest BCUT2D eigenvalue weighted by molar-refractivity contribution is 7.16. The Kier molecular flexibility index (Phi) is 10.1. The van der Waals surface area contributed by atoms with E-state index < -0.39 is 12.1 Å². The molecular formula is C28H39N5O3S. The quantitative estimate of drug-likeness (QED) is 0.430. The molecule has 3 unspecified atom stereocenters. The van der Waals surface area contributed by atoms with Crippen molar-refractivity contribution in [3.63, 3.8) is 0 Å². The topological polar surface area (TPSA) is 110 Å². The van der Waals surface area contributed by atoms with Crippen molar-refractivity contribution in [1.82, 2.24) is 15.2 Å². The Bertz CT molecular complexity index is 1060. The number of likely N-dealkylation sites (tertiary alicyclic amines) is 1. The van der Waals surface area contributed by atoms with Crippen molar-refractivity contribution in [2.24, 2.45) is 0 Å². The molecule has 2 aliphatic rings. The second-order valence-electron chi connectivity index (χ2n) is 10.9. The van der Waals surface area contributed by atoms with Crippen LogP contribution in [0.25, 0.3) is 0 Å². The van der Waals surface area contributed by atoms with Gasteiger partial charge in [-0.2, -0.15) is 5.26 Å². The molecule has 0 spiro atoms. The Balaban J connectivity index is 0.000000319. The van der Waals surface area contributed by atoms with Gasteiger partial charge in [0.25, 0.3) is 0 Å². The van der Waals surface area contributed by atoms with Gasteiger partial charge in [0.05, 0.1) is 23.7 Å². The van der Waals surface area contributed by atoms with Gasteiger partial charge in [-0.25, -0.2) is 0 Å². The van der Waals surface area contributed by atoms with Crippen molar-refractivity contribution >= 4 is 28.5 Å². The summed E-state index contributed by atoms with van der Waals surface area (Å²) in [5.74, 6) is 0.0723. The maximum Gasteiger partial charge on any atom is 0.247 e. The van der Waals surface area contributed by atoms with E-state index >= 15 is 0 Å². The Morgan fingerprint density at radius 3 is 2.57 bits per heavy atom. The molecule has 2 aromatic heterocycles. The van der Waals surface area contributed by atoms with Gasteiger partial charge in [-0.3, -0.25) is 14.7 Å². The molecule has 0 radical (unpaired) electrons. The van der Waals surface area contributed by atoms with Crippen LogP contribution < -0.4 is 10.2 Å². The summed E-state index contributed by atoms with van der Waals surface area (Å²) >= 11 is 1.76. The van der Waals surface area contributed by atoms with Crippen LogP contribution in [0, 0.1) is 11.5 Å². The summed E-state index contributed by atoms with van der Waals surface area (Å²) in [4.78, 5) is 32.4. The molecule has 1 amide bonds. The van der Waals surface area contributed by atoms with Crippen LogP contribution >= 0.6 is 11.3 Å². The van der Waals surface area contributed by atoms with E-state index in [1.54, 1.807) is 23.7 Å². The highest BCUT2D eigenvalue weighted by Crippen LogP contribution is 2.37. The first-order valence-electron chi connectivity index (χ1n) is 13.0. The molecular weight excluding hydrogens is 486 g/mol. The number of hydrogen-bond donors (Lipinski definition) is 2. The first-order chi connectivity index (χ1) is 17.6. The molecule has 0 bridgehead atoms. The van der Waals surface area contributed by atoms with Crippen LogP contribution in [0.15, 0.2) is 36.7 Å². The van der Waals surface area contributed by atoms with E-state index in [1.165, 1.54) is 29.0 Å². The van der Waals surface area contributed by atoms with Crippen LogP contribution in [0.4, 0.5) is 5.00 Å². The molecule has 2 fully saturated rings. The van der Waals surface area contributed by atoms with Crippen molar-refractivity contribution in [2.45, 2.75) is 88.9 Å². The largest absolute Gasteiger partial charge is 0.391 e. The molecule has 0 aromatic carbocycles. The first kappa shape index (κ1) is 28.6. The van der Waals surface area contributed by atoms with Gasteiger partial charge in [-0.1, -0.05) is 46.1 Å². The van der Waals surface area contributed by atoms with Crippen LogP contribution in [0.5, 0.6) is 0 Å².